The first kappa shape index (κ1) is 22.6. The SMILES string of the molecule is CCC(C)C(N)C(=O)NCc1ccc(NC(=O)c2ccc(F)cc2)cc1.Cl. The summed E-state index contributed by atoms with van der Waals surface area (Å²) in [5.41, 5.74) is 7.79. The van der Waals surface area contributed by atoms with E-state index in [1.54, 1.807) is 12.1 Å². The molecule has 0 radical (unpaired) electrons. The van der Waals surface area contributed by atoms with Crippen molar-refractivity contribution in [1.29, 1.82) is 0 Å². The zero-order valence-corrected chi connectivity index (χ0v) is 16.2. The molecule has 0 saturated heterocycles. The van der Waals surface area contributed by atoms with Gasteiger partial charge in [-0.25, -0.2) is 4.39 Å². The van der Waals surface area contributed by atoms with E-state index in [4.69, 9.17) is 5.73 Å². The number of carbonyl (C=O) groups is 2. The fourth-order valence-corrected chi connectivity index (χ4v) is 2.33. The lowest BCUT2D eigenvalue weighted by atomic mass is 9.99. The first-order chi connectivity index (χ1) is 12.4. The maximum atomic E-state index is 12.9. The predicted molar refractivity (Wildman–Crippen MR) is 107 cm³/mol. The zero-order valence-electron chi connectivity index (χ0n) is 15.4. The number of nitrogens with one attached hydrogen (secondary N) is 2. The minimum Gasteiger partial charge on any atom is -0.351 e. The Morgan fingerprint density at radius 3 is 2.22 bits per heavy atom. The summed E-state index contributed by atoms with van der Waals surface area (Å²) >= 11 is 0. The van der Waals surface area contributed by atoms with Gasteiger partial charge >= 0.3 is 0 Å². The Balaban J connectivity index is 0.00000364. The van der Waals surface area contributed by atoms with Gasteiger partial charge in [-0.1, -0.05) is 32.4 Å². The summed E-state index contributed by atoms with van der Waals surface area (Å²) in [7, 11) is 0. The van der Waals surface area contributed by atoms with Crippen molar-refractivity contribution in [2.45, 2.75) is 32.9 Å². The Morgan fingerprint density at radius 2 is 1.67 bits per heavy atom. The number of halogens is 2. The Hall–Kier alpha value is -2.44. The molecule has 0 saturated carbocycles. The van der Waals surface area contributed by atoms with Crippen LogP contribution in [0.5, 0.6) is 0 Å². The molecule has 146 valence electrons. The van der Waals surface area contributed by atoms with Crippen LogP contribution >= 0.6 is 12.4 Å². The number of benzene rings is 2. The molecule has 2 aromatic rings. The van der Waals surface area contributed by atoms with Crippen LogP contribution in [-0.4, -0.2) is 17.9 Å². The van der Waals surface area contributed by atoms with E-state index < -0.39 is 6.04 Å². The second-order valence-electron chi connectivity index (χ2n) is 6.29. The van der Waals surface area contributed by atoms with Crippen LogP contribution in [0.15, 0.2) is 48.5 Å². The number of carbonyl (C=O) groups excluding carboxylic acids is 2. The molecule has 0 fully saturated rings. The maximum Gasteiger partial charge on any atom is 0.255 e. The summed E-state index contributed by atoms with van der Waals surface area (Å²) < 4.78 is 12.9. The smallest absolute Gasteiger partial charge is 0.255 e. The van der Waals surface area contributed by atoms with Crippen LogP contribution in [0.2, 0.25) is 0 Å². The van der Waals surface area contributed by atoms with E-state index in [9.17, 15) is 14.0 Å². The Labute approximate surface area is 164 Å². The second kappa shape index (κ2) is 10.6. The van der Waals surface area contributed by atoms with Gasteiger partial charge in [0.1, 0.15) is 5.82 Å². The molecule has 2 unspecified atom stereocenters. The van der Waals surface area contributed by atoms with Gasteiger partial charge in [0.25, 0.3) is 5.91 Å². The van der Waals surface area contributed by atoms with Crippen LogP contribution in [0, 0.1) is 11.7 Å². The van der Waals surface area contributed by atoms with Crippen molar-refractivity contribution in [2.75, 3.05) is 5.32 Å². The molecule has 2 aromatic carbocycles. The summed E-state index contributed by atoms with van der Waals surface area (Å²) in [6.45, 7) is 4.31. The molecular formula is C20H25ClFN3O2. The number of rotatable bonds is 7. The van der Waals surface area contributed by atoms with Crippen LogP contribution in [0.1, 0.15) is 36.2 Å². The van der Waals surface area contributed by atoms with Gasteiger partial charge in [-0.2, -0.15) is 0 Å². The van der Waals surface area contributed by atoms with E-state index in [1.165, 1.54) is 24.3 Å². The van der Waals surface area contributed by atoms with Crippen LogP contribution in [0.25, 0.3) is 0 Å². The molecule has 2 rings (SSSR count). The Morgan fingerprint density at radius 1 is 1.07 bits per heavy atom. The number of nitrogens with two attached hydrogens (primary N) is 1. The molecular weight excluding hydrogens is 369 g/mol. The number of hydrogen-bond acceptors (Lipinski definition) is 3. The summed E-state index contributed by atoms with van der Waals surface area (Å²) in [5, 5.41) is 5.56. The molecule has 27 heavy (non-hydrogen) atoms. The van der Waals surface area contributed by atoms with Gasteiger partial charge in [-0.3, -0.25) is 9.59 Å². The van der Waals surface area contributed by atoms with Gasteiger partial charge in [0.15, 0.2) is 0 Å². The van der Waals surface area contributed by atoms with Crippen LogP contribution in [-0.2, 0) is 11.3 Å². The lowest BCUT2D eigenvalue weighted by molar-refractivity contribution is -0.123. The highest BCUT2D eigenvalue weighted by molar-refractivity contribution is 6.04. The van der Waals surface area contributed by atoms with E-state index in [0.29, 0.717) is 17.8 Å². The molecule has 0 aliphatic rings. The Kier molecular flexibility index (Phi) is 8.91. The van der Waals surface area contributed by atoms with Crippen LogP contribution < -0.4 is 16.4 Å². The van der Waals surface area contributed by atoms with Crippen molar-refractivity contribution in [3.05, 3.63) is 65.5 Å². The topological polar surface area (TPSA) is 84.2 Å². The van der Waals surface area contributed by atoms with Gasteiger partial charge in [-0.15, -0.1) is 12.4 Å². The molecule has 0 heterocycles. The second-order valence-corrected chi connectivity index (χ2v) is 6.29. The molecule has 5 nitrogen and oxygen atoms in total. The predicted octanol–water partition coefficient (Wildman–Crippen LogP) is 3.49. The van der Waals surface area contributed by atoms with E-state index in [0.717, 1.165) is 12.0 Å². The lowest BCUT2D eigenvalue weighted by Gasteiger charge is -2.17. The van der Waals surface area contributed by atoms with E-state index in [2.05, 4.69) is 10.6 Å². The molecule has 2 atom stereocenters. The maximum absolute atomic E-state index is 12.9. The minimum atomic E-state index is -0.519. The van der Waals surface area contributed by atoms with Crippen molar-refractivity contribution in [3.63, 3.8) is 0 Å². The molecule has 0 spiro atoms. The highest BCUT2D eigenvalue weighted by Gasteiger charge is 2.18. The fourth-order valence-electron chi connectivity index (χ4n) is 2.33. The van der Waals surface area contributed by atoms with Crippen molar-refractivity contribution in [3.8, 4) is 0 Å². The van der Waals surface area contributed by atoms with Crippen molar-refractivity contribution in [1.82, 2.24) is 5.32 Å². The quantitative estimate of drug-likeness (QED) is 0.673. The highest BCUT2D eigenvalue weighted by atomic mass is 35.5. The molecule has 7 heteroatoms. The van der Waals surface area contributed by atoms with Crippen molar-refractivity contribution < 1.29 is 14.0 Å². The van der Waals surface area contributed by atoms with Crippen molar-refractivity contribution >= 4 is 29.9 Å². The normalized spacial score (nSPS) is 12.4. The van der Waals surface area contributed by atoms with E-state index in [1.807, 2.05) is 26.0 Å². The molecule has 2 amide bonds. The molecule has 0 aromatic heterocycles. The van der Waals surface area contributed by atoms with Gasteiger partial charge in [0.05, 0.1) is 6.04 Å². The highest BCUT2D eigenvalue weighted by Crippen LogP contribution is 2.12. The molecule has 0 aliphatic carbocycles. The third kappa shape index (κ3) is 6.66. The standard InChI is InChI=1S/C20H24FN3O2.ClH/c1-3-13(2)18(22)20(26)23-12-14-4-10-17(11-5-14)24-19(25)15-6-8-16(21)9-7-15;/h4-11,13,18H,3,12,22H2,1-2H3,(H,23,26)(H,24,25);1H. The summed E-state index contributed by atoms with van der Waals surface area (Å²) in [5.74, 6) is -0.751. The summed E-state index contributed by atoms with van der Waals surface area (Å²) in [6, 6.07) is 11.9. The largest absolute Gasteiger partial charge is 0.351 e. The van der Waals surface area contributed by atoms with E-state index >= 15 is 0 Å². The molecule has 4 N–H and O–H groups in total. The summed E-state index contributed by atoms with van der Waals surface area (Å²) in [4.78, 5) is 24.1. The minimum absolute atomic E-state index is 0. The van der Waals surface area contributed by atoms with Crippen molar-refractivity contribution in [2.24, 2.45) is 11.7 Å². The number of amides is 2. The lowest BCUT2D eigenvalue weighted by Crippen LogP contribution is -2.44. The third-order valence-corrected chi connectivity index (χ3v) is 4.34. The molecule has 0 bridgehead atoms. The number of hydrogen-bond donors (Lipinski definition) is 3. The van der Waals surface area contributed by atoms with Gasteiger partial charge in [0, 0.05) is 17.8 Å². The van der Waals surface area contributed by atoms with Gasteiger partial charge < -0.3 is 16.4 Å². The summed E-state index contributed by atoms with van der Waals surface area (Å²) in [6.07, 6.45) is 0.844. The molecule has 0 aliphatic heterocycles. The first-order valence-corrected chi connectivity index (χ1v) is 8.60. The first-order valence-electron chi connectivity index (χ1n) is 8.60. The van der Waals surface area contributed by atoms with Gasteiger partial charge in [-0.05, 0) is 47.9 Å². The zero-order chi connectivity index (χ0) is 19.1. The average molecular weight is 394 g/mol. The monoisotopic (exact) mass is 393 g/mol. The van der Waals surface area contributed by atoms with Gasteiger partial charge in [0.2, 0.25) is 5.91 Å². The Bertz CT molecular complexity index is 751. The van der Waals surface area contributed by atoms with Crippen LogP contribution in [0.3, 0.4) is 0 Å². The van der Waals surface area contributed by atoms with Crippen LogP contribution in [0.4, 0.5) is 10.1 Å². The number of anilines is 1. The average Bonchev–Trinajstić information content (AvgIpc) is 2.66. The fraction of sp³-hybridized carbons (Fsp3) is 0.300. The third-order valence-electron chi connectivity index (χ3n) is 4.34. The van der Waals surface area contributed by atoms with E-state index in [-0.39, 0.29) is 36.0 Å².